The zero-order valence-corrected chi connectivity index (χ0v) is 13.4. The van der Waals surface area contributed by atoms with Crippen molar-refractivity contribution in [3.05, 3.63) is 34.2 Å². The molecule has 1 aliphatic carbocycles. The molecule has 0 unspecified atom stereocenters. The highest BCUT2D eigenvalue weighted by Crippen LogP contribution is 2.44. The standard InChI is InChI=1S/C15H15BrFN3O/c1-18-15-12(16)13(8-3-4-8)19-14(20-15)9-5-6-11(21-2)10(17)7-9/h5-8H,3-4H2,1-2H3,(H,18,19,20). The molecular weight excluding hydrogens is 337 g/mol. The second kappa shape index (κ2) is 5.60. The molecule has 1 fully saturated rings. The van der Waals surface area contributed by atoms with E-state index in [-0.39, 0.29) is 5.75 Å². The van der Waals surface area contributed by atoms with Crippen molar-refractivity contribution in [3.8, 4) is 17.1 Å². The zero-order valence-electron chi connectivity index (χ0n) is 11.8. The second-order valence-electron chi connectivity index (χ2n) is 4.97. The molecule has 1 aliphatic rings. The van der Waals surface area contributed by atoms with Crippen LogP contribution in [0.5, 0.6) is 5.75 Å². The molecule has 6 heteroatoms. The highest BCUT2D eigenvalue weighted by molar-refractivity contribution is 9.10. The second-order valence-corrected chi connectivity index (χ2v) is 5.76. The summed E-state index contributed by atoms with van der Waals surface area (Å²) in [6.07, 6.45) is 2.27. The Morgan fingerprint density at radius 3 is 2.67 bits per heavy atom. The van der Waals surface area contributed by atoms with Gasteiger partial charge in [-0.05, 0) is 47.0 Å². The normalized spacial score (nSPS) is 14.1. The molecule has 0 bridgehead atoms. The number of rotatable bonds is 4. The number of aromatic nitrogens is 2. The highest BCUT2D eigenvalue weighted by atomic mass is 79.9. The summed E-state index contributed by atoms with van der Waals surface area (Å²) < 4.78 is 19.7. The lowest BCUT2D eigenvalue weighted by atomic mass is 10.1. The topological polar surface area (TPSA) is 47.0 Å². The Hall–Kier alpha value is -1.69. The van der Waals surface area contributed by atoms with Crippen LogP contribution < -0.4 is 10.1 Å². The van der Waals surface area contributed by atoms with Crippen molar-refractivity contribution in [1.82, 2.24) is 9.97 Å². The van der Waals surface area contributed by atoms with Crippen LogP contribution >= 0.6 is 15.9 Å². The lowest BCUT2D eigenvalue weighted by Gasteiger charge is -2.11. The van der Waals surface area contributed by atoms with Gasteiger partial charge in [-0.2, -0.15) is 0 Å². The first-order valence-corrected chi connectivity index (χ1v) is 7.52. The molecule has 1 N–H and O–H groups in total. The first kappa shape index (κ1) is 14.3. The first-order chi connectivity index (χ1) is 10.1. The van der Waals surface area contributed by atoms with Crippen LogP contribution in [0.1, 0.15) is 24.5 Å². The third-order valence-electron chi connectivity index (χ3n) is 3.49. The van der Waals surface area contributed by atoms with Gasteiger partial charge in [0.05, 0.1) is 17.3 Å². The van der Waals surface area contributed by atoms with Crippen molar-refractivity contribution >= 4 is 21.7 Å². The Kier molecular flexibility index (Phi) is 3.80. The molecule has 0 saturated heterocycles. The number of ether oxygens (including phenoxy) is 1. The number of hydrogen-bond acceptors (Lipinski definition) is 4. The summed E-state index contributed by atoms with van der Waals surface area (Å²) in [4.78, 5) is 9.06. The SMILES string of the molecule is CNc1nc(-c2ccc(OC)c(F)c2)nc(C2CC2)c1Br. The molecule has 2 aromatic rings. The van der Waals surface area contributed by atoms with E-state index < -0.39 is 5.82 Å². The molecule has 3 rings (SSSR count). The van der Waals surface area contributed by atoms with E-state index >= 15 is 0 Å². The number of nitrogens with one attached hydrogen (secondary N) is 1. The summed E-state index contributed by atoms with van der Waals surface area (Å²) in [7, 11) is 3.25. The Morgan fingerprint density at radius 2 is 2.10 bits per heavy atom. The van der Waals surface area contributed by atoms with E-state index in [0.717, 1.165) is 28.8 Å². The molecule has 0 aliphatic heterocycles. The monoisotopic (exact) mass is 351 g/mol. The van der Waals surface area contributed by atoms with Gasteiger partial charge in [-0.3, -0.25) is 0 Å². The summed E-state index contributed by atoms with van der Waals surface area (Å²) in [5, 5.41) is 3.05. The number of halogens is 2. The average Bonchev–Trinajstić information content (AvgIpc) is 3.32. The largest absolute Gasteiger partial charge is 0.494 e. The Balaban J connectivity index is 2.09. The molecule has 1 aromatic carbocycles. The van der Waals surface area contributed by atoms with Gasteiger partial charge in [0, 0.05) is 18.5 Å². The van der Waals surface area contributed by atoms with Gasteiger partial charge in [0.1, 0.15) is 5.82 Å². The molecule has 4 nitrogen and oxygen atoms in total. The van der Waals surface area contributed by atoms with E-state index in [9.17, 15) is 4.39 Å². The van der Waals surface area contributed by atoms with E-state index in [0.29, 0.717) is 17.3 Å². The van der Waals surface area contributed by atoms with E-state index in [4.69, 9.17) is 4.74 Å². The minimum Gasteiger partial charge on any atom is -0.494 e. The molecule has 0 radical (unpaired) electrons. The van der Waals surface area contributed by atoms with Crippen molar-refractivity contribution < 1.29 is 9.13 Å². The molecule has 21 heavy (non-hydrogen) atoms. The maximum absolute atomic E-state index is 13.9. The molecule has 0 amide bonds. The van der Waals surface area contributed by atoms with Gasteiger partial charge in [-0.15, -0.1) is 0 Å². The molecule has 0 spiro atoms. The molecule has 1 heterocycles. The molecule has 0 atom stereocenters. The van der Waals surface area contributed by atoms with Crippen molar-refractivity contribution in [2.75, 3.05) is 19.5 Å². The molecular formula is C15H15BrFN3O. The summed E-state index contributed by atoms with van der Waals surface area (Å²) in [6.45, 7) is 0. The minimum absolute atomic E-state index is 0.215. The molecule has 110 valence electrons. The van der Waals surface area contributed by atoms with Crippen LogP contribution in [-0.4, -0.2) is 24.1 Å². The Morgan fingerprint density at radius 1 is 1.33 bits per heavy atom. The van der Waals surface area contributed by atoms with Crippen LogP contribution in [-0.2, 0) is 0 Å². The van der Waals surface area contributed by atoms with Gasteiger partial charge in [-0.25, -0.2) is 14.4 Å². The van der Waals surface area contributed by atoms with Crippen LogP contribution in [0.25, 0.3) is 11.4 Å². The predicted octanol–water partition coefficient (Wildman–Crippen LogP) is 3.97. The Bertz CT molecular complexity index is 689. The van der Waals surface area contributed by atoms with E-state index in [1.165, 1.54) is 13.2 Å². The van der Waals surface area contributed by atoms with Crippen molar-refractivity contribution in [1.29, 1.82) is 0 Å². The van der Waals surface area contributed by atoms with E-state index in [1.807, 2.05) is 7.05 Å². The average molecular weight is 352 g/mol. The summed E-state index contributed by atoms with van der Waals surface area (Å²) in [6, 6.07) is 4.76. The first-order valence-electron chi connectivity index (χ1n) is 6.73. The van der Waals surface area contributed by atoms with Crippen LogP contribution in [0.3, 0.4) is 0 Å². The van der Waals surface area contributed by atoms with Gasteiger partial charge in [0.25, 0.3) is 0 Å². The van der Waals surface area contributed by atoms with Crippen molar-refractivity contribution in [2.45, 2.75) is 18.8 Å². The lowest BCUT2D eigenvalue weighted by Crippen LogP contribution is -2.03. The summed E-state index contributed by atoms with van der Waals surface area (Å²) in [5.74, 6) is 1.51. The quantitative estimate of drug-likeness (QED) is 0.905. The lowest BCUT2D eigenvalue weighted by molar-refractivity contribution is 0.386. The number of hydrogen-bond donors (Lipinski definition) is 1. The van der Waals surface area contributed by atoms with Gasteiger partial charge < -0.3 is 10.1 Å². The minimum atomic E-state index is -0.416. The number of nitrogens with zero attached hydrogens (tertiary/aromatic N) is 2. The third-order valence-corrected chi connectivity index (χ3v) is 4.27. The van der Waals surface area contributed by atoms with Gasteiger partial charge >= 0.3 is 0 Å². The maximum atomic E-state index is 13.9. The number of anilines is 1. The zero-order chi connectivity index (χ0) is 15.0. The van der Waals surface area contributed by atoms with Crippen LogP contribution in [0.15, 0.2) is 22.7 Å². The molecule has 1 saturated carbocycles. The fourth-order valence-corrected chi connectivity index (χ4v) is 2.89. The van der Waals surface area contributed by atoms with Gasteiger partial charge in [-0.1, -0.05) is 0 Å². The van der Waals surface area contributed by atoms with Gasteiger partial charge in [0.15, 0.2) is 17.4 Å². The smallest absolute Gasteiger partial charge is 0.165 e. The fraction of sp³-hybridized carbons (Fsp3) is 0.333. The third kappa shape index (κ3) is 2.72. The summed E-state index contributed by atoms with van der Waals surface area (Å²) >= 11 is 3.54. The number of methoxy groups -OCH3 is 1. The summed E-state index contributed by atoms with van der Waals surface area (Å²) in [5.41, 5.74) is 1.62. The van der Waals surface area contributed by atoms with Crippen LogP contribution in [0.2, 0.25) is 0 Å². The van der Waals surface area contributed by atoms with E-state index in [2.05, 4.69) is 31.2 Å². The number of benzene rings is 1. The Labute approximate surface area is 130 Å². The van der Waals surface area contributed by atoms with Crippen molar-refractivity contribution in [2.24, 2.45) is 0 Å². The van der Waals surface area contributed by atoms with Crippen LogP contribution in [0, 0.1) is 5.82 Å². The highest BCUT2D eigenvalue weighted by Gasteiger charge is 2.29. The van der Waals surface area contributed by atoms with E-state index in [1.54, 1.807) is 12.1 Å². The maximum Gasteiger partial charge on any atom is 0.165 e. The fourth-order valence-electron chi connectivity index (χ4n) is 2.19. The van der Waals surface area contributed by atoms with Crippen LogP contribution in [0.4, 0.5) is 10.2 Å². The van der Waals surface area contributed by atoms with Crippen molar-refractivity contribution in [3.63, 3.8) is 0 Å². The molecule has 1 aromatic heterocycles. The van der Waals surface area contributed by atoms with Gasteiger partial charge in [0.2, 0.25) is 0 Å². The predicted molar refractivity (Wildman–Crippen MR) is 83.2 cm³/mol.